The zero-order valence-corrected chi connectivity index (χ0v) is 15.0. The first-order valence-corrected chi connectivity index (χ1v) is 9.79. The van der Waals surface area contributed by atoms with Crippen molar-refractivity contribution in [2.45, 2.75) is 39.0 Å². The Labute approximate surface area is 143 Å². The van der Waals surface area contributed by atoms with Crippen LogP contribution in [0.2, 0.25) is 5.02 Å². The third-order valence-electron chi connectivity index (χ3n) is 3.79. The average Bonchev–Trinajstić information content (AvgIpc) is 2.52. The van der Waals surface area contributed by atoms with Gasteiger partial charge in [0.25, 0.3) is 0 Å². The quantitative estimate of drug-likeness (QED) is 0.816. The van der Waals surface area contributed by atoms with E-state index in [4.69, 9.17) is 11.6 Å². The van der Waals surface area contributed by atoms with Crippen LogP contribution < -0.4 is 4.72 Å². The Hall–Kier alpha value is -1.36. The highest BCUT2D eigenvalue weighted by Crippen LogP contribution is 2.16. The summed E-state index contributed by atoms with van der Waals surface area (Å²) in [6.07, 6.45) is 1.82. The molecule has 2 rings (SSSR count). The van der Waals surface area contributed by atoms with E-state index in [-0.39, 0.29) is 5.75 Å². The van der Waals surface area contributed by atoms with Gasteiger partial charge in [0.2, 0.25) is 10.0 Å². The maximum absolute atomic E-state index is 12.3. The Kier molecular flexibility index (Phi) is 6.22. The normalized spacial score (nSPS) is 11.6. The number of aryl methyl sites for hydroxylation is 2. The smallest absolute Gasteiger partial charge is 0.212 e. The van der Waals surface area contributed by atoms with Gasteiger partial charge in [-0.2, -0.15) is 0 Å². The molecule has 1 N–H and O–H groups in total. The van der Waals surface area contributed by atoms with Gasteiger partial charge in [-0.05, 0) is 47.2 Å². The fraction of sp³-hybridized carbons (Fsp3) is 0.333. The maximum atomic E-state index is 12.3. The summed E-state index contributed by atoms with van der Waals surface area (Å²) in [5.74, 6) is -0.0670. The molecular formula is C18H22ClNO2S. The van der Waals surface area contributed by atoms with Crippen molar-refractivity contribution >= 4 is 21.6 Å². The Bertz CT molecular complexity index is 772. The van der Waals surface area contributed by atoms with E-state index in [1.807, 2.05) is 0 Å². The van der Waals surface area contributed by atoms with Gasteiger partial charge in [0.15, 0.2) is 0 Å². The first-order chi connectivity index (χ1) is 10.9. The van der Waals surface area contributed by atoms with E-state index in [0.29, 0.717) is 17.1 Å². The molecular weight excluding hydrogens is 330 g/mol. The third kappa shape index (κ3) is 5.34. The molecule has 0 heterocycles. The lowest BCUT2D eigenvalue weighted by molar-refractivity contribution is 0.580. The minimum atomic E-state index is -3.40. The lowest BCUT2D eigenvalue weighted by atomic mass is 10.0. The Morgan fingerprint density at radius 1 is 0.957 bits per heavy atom. The van der Waals surface area contributed by atoms with E-state index in [0.717, 1.165) is 18.4 Å². The summed E-state index contributed by atoms with van der Waals surface area (Å²) >= 11 is 5.90. The molecule has 2 aromatic rings. The van der Waals surface area contributed by atoms with Gasteiger partial charge in [-0.15, -0.1) is 0 Å². The van der Waals surface area contributed by atoms with Crippen LogP contribution in [-0.4, -0.2) is 8.42 Å². The molecule has 3 nitrogen and oxygen atoms in total. The largest absolute Gasteiger partial charge is 0.216 e. The van der Waals surface area contributed by atoms with Crippen LogP contribution in [0.25, 0.3) is 0 Å². The number of benzene rings is 2. The molecule has 124 valence electrons. The van der Waals surface area contributed by atoms with Crippen LogP contribution in [0.3, 0.4) is 0 Å². The lowest BCUT2D eigenvalue weighted by Crippen LogP contribution is -2.25. The second kappa shape index (κ2) is 7.95. The van der Waals surface area contributed by atoms with E-state index in [1.165, 1.54) is 11.1 Å². The van der Waals surface area contributed by atoms with Gasteiger partial charge in [-0.1, -0.05) is 55.8 Å². The van der Waals surface area contributed by atoms with Crippen molar-refractivity contribution in [2.24, 2.45) is 0 Å². The molecule has 23 heavy (non-hydrogen) atoms. The fourth-order valence-corrected chi connectivity index (χ4v) is 3.80. The molecule has 0 radical (unpaired) electrons. The van der Waals surface area contributed by atoms with E-state index >= 15 is 0 Å². The van der Waals surface area contributed by atoms with Crippen LogP contribution in [0.1, 0.15) is 36.1 Å². The minimum Gasteiger partial charge on any atom is -0.212 e. The number of halogens is 1. The monoisotopic (exact) mass is 351 g/mol. The average molecular weight is 352 g/mol. The standard InChI is InChI=1S/C18H22ClNO2S/c1-3-14-8-9-16(4-2)17(10-14)12-20-23(21,22)13-15-6-5-7-18(19)11-15/h5-11,20H,3-4,12-13H2,1-2H3. The highest BCUT2D eigenvalue weighted by Gasteiger charge is 2.13. The van der Waals surface area contributed by atoms with Gasteiger partial charge >= 0.3 is 0 Å². The summed E-state index contributed by atoms with van der Waals surface area (Å²) in [7, 11) is -3.40. The molecule has 0 aliphatic rings. The van der Waals surface area contributed by atoms with Crippen molar-refractivity contribution in [3.63, 3.8) is 0 Å². The molecule has 5 heteroatoms. The lowest BCUT2D eigenvalue weighted by Gasteiger charge is -2.12. The Balaban J connectivity index is 2.10. The molecule has 0 fully saturated rings. The highest BCUT2D eigenvalue weighted by molar-refractivity contribution is 7.88. The first kappa shape index (κ1) is 18.0. The molecule has 0 unspecified atom stereocenters. The van der Waals surface area contributed by atoms with Crippen LogP contribution >= 0.6 is 11.6 Å². The van der Waals surface area contributed by atoms with Crippen molar-refractivity contribution in [1.82, 2.24) is 4.72 Å². The van der Waals surface area contributed by atoms with Crippen molar-refractivity contribution < 1.29 is 8.42 Å². The van der Waals surface area contributed by atoms with Gasteiger partial charge in [0, 0.05) is 11.6 Å². The molecule has 0 bridgehead atoms. The molecule has 0 aliphatic carbocycles. The maximum Gasteiger partial charge on any atom is 0.216 e. The summed E-state index contributed by atoms with van der Waals surface area (Å²) < 4.78 is 27.3. The van der Waals surface area contributed by atoms with Crippen molar-refractivity contribution in [3.05, 3.63) is 69.7 Å². The molecule has 0 aromatic heterocycles. The fourth-order valence-electron chi connectivity index (χ4n) is 2.49. The van der Waals surface area contributed by atoms with Crippen molar-refractivity contribution in [2.75, 3.05) is 0 Å². The molecule has 0 atom stereocenters. The van der Waals surface area contributed by atoms with Gasteiger partial charge in [-0.3, -0.25) is 0 Å². The summed E-state index contributed by atoms with van der Waals surface area (Å²) in [6.45, 7) is 4.49. The number of hydrogen-bond donors (Lipinski definition) is 1. The third-order valence-corrected chi connectivity index (χ3v) is 5.32. The molecule has 0 aliphatic heterocycles. The van der Waals surface area contributed by atoms with Gasteiger partial charge in [0.05, 0.1) is 5.75 Å². The zero-order chi connectivity index (χ0) is 16.9. The molecule has 0 amide bonds. The summed E-state index contributed by atoms with van der Waals surface area (Å²) in [4.78, 5) is 0. The zero-order valence-electron chi connectivity index (χ0n) is 13.5. The van der Waals surface area contributed by atoms with Crippen LogP contribution in [0.5, 0.6) is 0 Å². The van der Waals surface area contributed by atoms with Crippen molar-refractivity contribution in [3.8, 4) is 0 Å². The van der Waals surface area contributed by atoms with E-state index < -0.39 is 10.0 Å². The predicted molar refractivity (Wildman–Crippen MR) is 96.1 cm³/mol. The van der Waals surface area contributed by atoms with E-state index in [1.54, 1.807) is 24.3 Å². The van der Waals surface area contributed by atoms with Crippen LogP contribution in [-0.2, 0) is 35.2 Å². The second-order valence-electron chi connectivity index (χ2n) is 5.52. The first-order valence-electron chi connectivity index (χ1n) is 7.76. The summed E-state index contributed by atoms with van der Waals surface area (Å²) in [5, 5.41) is 0.543. The summed E-state index contributed by atoms with van der Waals surface area (Å²) in [6, 6.07) is 13.2. The van der Waals surface area contributed by atoms with Crippen LogP contribution in [0.15, 0.2) is 42.5 Å². The Morgan fingerprint density at radius 3 is 2.39 bits per heavy atom. The Morgan fingerprint density at radius 2 is 1.74 bits per heavy atom. The molecule has 0 saturated carbocycles. The SMILES string of the molecule is CCc1ccc(CC)c(CNS(=O)(=O)Cc2cccc(Cl)c2)c1. The van der Waals surface area contributed by atoms with Gasteiger partial charge < -0.3 is 0 Å². The summed E-state index contributed by atoms with van der Waals surface area (Å²) in [5.41, 5.74) is 4.11. The van der Waals surface area contributed by atoms with Gasteiger partial charge in [-0.25, -0.2) is 13.1 Å². The second-order valence-corrected chi connectivity index (χ2v) is 7.76. The minimum absolute atomic E-state index is 0.0670. The van der Waals surface area contributed by atoms with Crippen LogP contribution in [0, 0.1) is 0 Å². The predicted octanol–water partition coefficient (Wildman–Crippen LogP) is 4.08. The van der Waals surface area contributed by atoms with E-state index in [9.17, 15) is 8.42 Å². The number of rotatable bonds is 7. The van der Waals surface area contributed by atoms with Crippen LogP contribution in [0.4, 0.5) is 0 Å². The number of sulfonamides is 1. The van der Waals surface area contributed by atoms with E-state index in [2.05, 4.69) is 36.8 Å². The molecule has 0 saturated heterocycles. The highest BCUT2D eigenvalue weighted by atomic mass is 35.5. The number of hydrogen-bond acceptors (Lipinski definition) is 2. The molecule has 0 spiro atoms. The van der Waals surface area contributed by atoms with Crippen molar-refractivity contribution in [1.29, 1.82) is 0 Å². The molecule has 2 aromatic carbocycles. The topological polar surface area (TPSA) is 46.2 Å². The van der Waals surface area contributed by atoms with Gasteiger partial charge in [0.1, 0.15) is 0 Å². The number of nitrogens with one attached hydrogen (secondary N) is 1.